The van der Waals surface area contributed by atoms with Crippen LogP contribution in [0.3, 0.4) is 0 Å². The van der Waals surface area contributed by atoms with E-state index in [1.807, 2.05) is 13.8 Å². The molecule has 3 nitrogen and oxygen atoms in total. The normalized spacial score (nSPS) is 41.1. The molecular formula is C10H14O3. The van der Waals surface area contributed by atoms with Crippen molar-refractivity contribution in [2.75, 3.05) is 0 Å². The molecule has 2 aliphatic carbocycles. The Morgan fingerprint density at radius 2 is 2.15 bits per heavy atom. The molecule has 2 saturated carbocycles. The van der Waals surface area contributed by atoms with Gasteiger partial charge in [-0.05, 0) is 24.2 Å². The van der Waals surface area contributed by atoms with Gasteiger partial charge in [0.05, 0.1) is 0 Å². The Bertz CT molecular complexity index is 293. The Labute approximate surface area is 77.1 Å². The molecule has 0 aromatic carbocycles. The van der Waals surface area contributed by atoms with Crippen molar-refractivity contribution in [3.05, 3.63) is 0 Å². The molecule has 0 spiro atoms. The average molecular weight is 182 g/mol. The topological polar surface area (TPSA) is 54.4 Å². The highest BCUT2D eigenvalue weighted by Crippen LogP contribution is 2.63. The molecular weight excluding hydrogens is 168 g/mol. The lowest BCUT2D eigenvalue weighted by molar-refractivity contribution is -0.158. The third kappa shape index (κ3) is 0.713. The van der Waals surface area contributed by atoms with Crippen LogP contribution >= 0.6 is 0 Å². The monoisotopic (exact) mass is 182 g/mol. The van der Waals surface area contributed by atoms with E-state index in [0.717, 1.165) is 6.42 Å². The standard InChI is InChI=1S/C10H14O3/c1-9(2)6-3-4-10(9,8(12)13)7(11)5-6/h6H,3-5H2,1-2H3,(H,12,13)/t6?,10-/m1/s1. The molecule has 0 aromatic heterocycles. The fourth-order valence-electron chi connectivity index (χ4n) is 3.18. The quantitative estimate of drug-likeness (QED) is 0.625. The van der Waals surface area contributed by atoms with Gasteiger partial charge in [0.25, 0.3) is 0 Å². The lowest BCUT2D eigenvalue weighted by Crippen LogP contribution is -2.43. The summed E-state index contributed by atoms with van der Waals surface area (Å²) in [4.78, 5) is 22.8. The summed E-state index contributed by atoms with van der Waals surface area (Å²) < 4.78 is 0. The first-order chi connectivity index (χ1) is 5.93. The fraction of sp³-hybridized carbons (Fsp3) is 0.800. The molecule has 0 aliphatic heterocycles. The van der Waals surface area contributed by atoms with Gasteiger partial charge in [0, 0.05) is 6.42 Å². The van der Waals surface area contributed by atoms with E-state index >= 15 is 0 Å². The van der Waals surface area contributed by atoms with Crippen molar-refractivity contribution in [1.82, 2.24) is 0 Å². The fourth-order valence-corrected chi connectivity index (χ4v) is 3.18. The van der Waals surface area contributed by atoms with Gasteiger partial charge in [-0.2, -0.15) is 0 Å². The van der Waals surface area contributed by atoms with E-state index in [-0.39, 0.29) is 17.1 Å². The van der Waals surface area contributed by atoms with Crippen molar-refractivity contribution in [1.29, 1.82) is 0 Å². The number of hydrogen-bond donors (Lipinski definition) is 1. The molecule has 0 saturated heterocycles. The van der Waals surface area contributed by atoms with E-state index in [2.05, 4.69) is 0 Å². The molecule has 2 aliphatic rings. The molecule has 3 heteroatoms. The van der Waals surface area contributed by atoms with Crippen LogP contribution in [0.4, 0.5) is 0 Å². The summed E-state index contributed by atoms with van der Waals surface area (Å²) in [5.41, 5.74) is -1.40. The van der Waals surface area contributed by atoms with Crippen LogP contribution in [0.25, 0.3) is 0 Å². The highest BCUT2D eigenvalue weighted by molar-refractivity contribution is 6.06. The van der Waals surface area contributed by atoms with E-state index < -0.39 is 11.4 Å². The zero-order chi connectivity index (χ0) is 9.85. The number of carbonyl (C=O) groups is 2. The Morgan fingerprint density at radius 1 is 1.54 bits per heavy atom. The maximum absolute atomic E-state index is 11.6. The van der Waals surface area contributed by atoms with Crippen LogP contribution in [0.1, 0.15) is 33.1 Å². The first-order valence-corrected chi connectivity index (χ1v) is 4.69. The summed E-state index contributed by atoms with van der Waals surface area (Å²) in [6.45, 7) is 3.84. The van der Waals surface area contributed by atoms with E-state index in [4.69, 9.17) is 0 Å². The minimum atomic E-state index is -1.06. The second-order valence-electron chi connectivity index (χ2n) is 4.80. The summed E-state index contributed by atoms with van der Waals surface area (Å²) in [5, 5.41) is 9.18. The van der Waals surface area contributed by atoms with Gasteiger partial charge in [-0.25, -0.2) is 0 Å². The molecule has 2 rings (SSSR count). The van der Waals surface area contributed by atoms with Gasteiger partial charge in [0.15, 0.2) is 5.78 Å². The highest BCUT2D eigenvalue weighted by Gasteiger charge is 2.68. The van der Waals surface area contributed by atoms with Crippen LogP contribution in [0, 0.1) is 16.7 Å². The Morgan fingerprint density at radius 3 is 2.38 bits per heavy atom. The van der Waals surface area contributed by atoms with Crippen LogP contribution in [-0.2, 0) is 9.59 Å². The lowest BCUT2D eigenvalue weighted by Gasteiger charge is -2.31. The largest absolute Gasteiger partial charge is 0.480 e. The minimum Gasteiger partial charge on any atom is -0.480 e. The van der Waals surface area contributed by atoms with Gasteiger partial charge < -0.3 is 5.11 Å². The van der Waals surface area contributed by atoms with E-state index in [9.17, 15) is 14.7 Å². The Kier molecular flexibility index (Phi) is 1.44. The number of Topliss-reactive ketones (excluding diaryl/α,β-unsaturated/α-hetero) is 1. The highest BCUT2D eigenvalue weighted by atomic mass is 16.4. The number of hydrogen-bond acceptors (Lipinski definition) is 2. The van der Waals surface area contributed by atoms with E-state index in [0.29, 0.717) is 12.8 Å². The van der Waals surface area contributed by atoms with Gasteiger partial charge in [-0.15, -0.1) is 0 Å². The number of ketones is 1. The summed E-state index contributed by atoms with van der Waals surface area (Å²) in [6, 6.07) is 0. The minimum absolute atomic E-state index is 0.0544. The van der Waals surface area contributed by atoms with Crippen molar-refractivity contribution in [3.63, 3.8) is 0 Å². The maximum Gasteiger partial charge on any atom is 0.317 e. The summed E-state index contributed by atoms with van der Waals surface area (Å²) in [7, 11) is 0. The van der Waals surface area contributed by atoms with Gasteiger partial charge >= 0.3 is 5.97 Å². The van der Waals surface area contributed by atoms with Crippen LogP contribution < -0.4 is 0 Å². The third-order valence-corrected chi connectivity index (χ3v) is 4.26. The van der Waals surface area contributed by atoms with Crippen molar-refractivity contribution in [2.24, 2.45) is 16.7 Å². The predicted octanol–water partition coefficient (Wildman–Crippen LogP) is 1.47. The second kappa shape index (κ2) is 2.14. The van der Waals surface area contributed by atoms with E-state index in [1.165, 1.54) is 0 Å². The first kappa shape index (κ1) is 8.73. The molecule has 0 amide bonds. The van der Waals surface area contributed by atoms with Crippen molar-refractivity contribution in [3.8, 4) is 0 Å². The lowest BCUT2D eigenvalue weighted by atomic mass is 9.69. The van der Waals surface area contributed by atoms with Crippen LogP contribution in [-0.4, -0.2) is 16.9 Å². The summed E-state index contributed by atoms with van der Waals surface area (Å²) in [5.74, 6) is -0.681. The van der Waals surface area contributed by atoms with Crippen LogP contribution in [0.15, 0.2) is 0 Å². The van der Waals surface area contributed by atoms with Gasteiger partial charge in [-0.1, -0.05) is 13.8 Å². The number of rotatable bonds is 1. The van der Waals surface area contributed by atoms with Gasteiger partial charge in [0.2, 0.25) is 0 Å². The Hall–Kier alpha value is -0.860. The zero-order valence-corrected chi connectivity index (χ0v) is 7.96. The predicted molar refractivity (Wildman–Crippen MR) is 46.2 cm³/mol. The number of aliphatic carboxylic acids is 1. The first-order valence-electron chi connectivity index (χ1n) is 4.69. The Balaban J connectivity index is 2.55. The number of carbonyl (C=O) groups excluding carboxylic acids is 1. The van der Waals surface area contributed by atoms with Crippen molar-refractivity contribution >= 4 is 11.8 Å². The van der Waals surface area contributed by atoms with E-state index in [1.54, 1.807) is 0 Å². The van der Waals surface area contributed by atoms with Crippen molar-refractivity contribution < 1.29 is 14.7 Å². The molecule has 2 bridgehead atoms. The molecule has 0 aromatic rings. The molecule has 2 atom stereocenters. The summed E-state index contributed by atoms with van der Waals surface area (Å²) >= 11 is 0. The van der Waals surface area contributed by atoms with Crippen LogP contribution in [0.2, 0.25) is 0 Å². The average Bonchev–Trinajstić information content (AvgIpc) is 2.35. The summed E-state index contributed by atoms with van der Waals surface area (Å²) in [6.07, 6.45) is 1.91. The second-order valence-corrected chi connectivity index (χ2v) is 4.80. The van der Waals surface area contributed by atoms with Gasteiger partial charge in [-0.3, -0.25) is 9.59 Å². The number of carboxylic acids is 1. The smallest absolute Gasteiger partial charge is 0.317 e. The van der Waals surface area contributed by atoms with Crippen molar-refractivity contribution in [2.45, 2.75) is 33.1 Å². The molecule has 1 unspecified atom stereocenters. The molecule has 72 valence electrons. The molecule has 0 radical (unpaired) electrons. The third-order valence-electron chi connectivity index (χ3n) is 4.26. The molecule has 2 fully saturated rings. The molecule has 1 N–H and O–H groups in total. The zero-order valence-electron chi connectivity index (χ0n) is 7.96. The number of carboxylic acid groups (broad SMARTS) is 1. The van der Waals surface area contributed by atoms with Gasteiger partial charge in [0.1, 0.15) is 5.41 Å². The molecule has 0 heterocycles. The maximum atomic E-state index is 11.6. The molecule has 13 heavy (non-hydrogen) atoms. The number of fused-ring (bicyclic) bond motifs is 2. The van der Waals surface area contributed by atoms with Crippen LogP contribution in [0.5, 0.6) is 0 Å². The SMILES string of the molecule is CC1(C)C2CC[C@]1(C(=O)O)C(=O)C2.